The first-order valence-corrected chi connectivity index (χ1v) is 10.0. The molecule has 5 rings (SSSR count). The molecule has 0 spiro atoms. The van der Waals surface area contributed by atoms with E-state index >= 15 is 0 Å². The van der Waals surface area contributed by atoms with Crippen LogP contribution in [-0.4, -0.2) is 45.1 Å². The zero-order valence-electron chi connectivity index (χ0n) is 17.6. The molecule has 0 N–H and O–H groups in total. The molecule has 2 atom stereocenters. The van der Waals surface area contributed by atoms with Gasteiger partial charge >= 0.3 is 12.4 Å². The standard InChI is InChI=1S/C22H18F3N5O3/c1-31-20-17(11-27-21(28-20)32-2)18-10-16(19-26-6-7-30(19)29-18)15-9-14(15)12-4-3-5-13(8-12)33-22(23,24)25/h3-8,10-11,14-15H,9H2,1-2H3/t14-,15+/m1/s1. The number of alkyl halides is 3. The third-order valence-electron chi connectivity index (χ3n) is 5.48. The summed E-state index contributed by atoms with van der Waals surface area (Å²) in [6.07, 6.45) is 0.976. The summed E-state index contributed by atoms with van der Waals surface area (Å²) in [6.45, 7) is 0. The normalized spacial score (nSPS) is 17.7. The van der Waals surface area contributed by atoms with Crippen LogP contribution in [0.2, 0.25) is 0 Å². The van der Waals surface area contributed by atoms with E-state index in [1.165, 1.54) is 26.4 Å². The van der Waals surface area contributed by atoms with Crippen LogP contribution in [0.4, 0.5) is 13.2 Å². The molecule has 0 aliphatic heterocycles. The molecule has 1 aromatic carbocycles. The summed E-state index contributed by atoms with van der Waals surface area (Å²) < 4.78 is 54.0. The second kappa shape index (κ2) is 7.91. The number of hydrogen-bond donors (Lipinski definition) is 0. The predicted molar refractivity (Wildman–Crippen MR) is 110 cm³/mol. The zero-order chi connectivity index (χ0) is 23.2. The van der Waals surface area contributed by atoms with Crippen LogP contribution in [0.15, 0.2) is 48.9 Å². The first kappa shape index (κ1) is 21.0. The Bertz CT molecular complexity index is 1320. The Balaban J connectivity index is 1.51. The quantitative estimate of drug-likeness (QED) is 0.425. The number of halogens is 3. The number of rotatable bonds is 6. The topological polar surface area (TPSA) is 83.7 Å². The molecule has 3 aromatic heterocycles. The molecule has 4 aromatic rings. The van der Waals surface area contributed by atoms with Crippen LogP contribution in [0.3, 0.4) is 0 Å². The van der Waals surface area contributed by atoms with Crippen molar-refractivity contribution in [3.05, 3.63) is 60.0 Å². The Kier molecular flexibility index (Phi) is 5.03. The molecule has 0 radical (unpaired) electrons. The largest absolute Gasteiger partial charge is 0.573 e. The first-order valence-electron chi connectivity index (χ1n) is 10.0. The fraction of sp³-hybridized carbons (Fsp3) is 0.273. The molecule has 0 unspecified atom stereocenters. The van der Waals surface area contributed by atoms with Crippen molar-refractivity contribution in [2.75, 3.05) is 14.2 Å². The van der Waals surface area contributed by atoms with Gasteiger partial charge in [0.05, 0.1) is 25.5 Å². The van der Waals surface area contributed by atoms with Crippen molar-refractivity contribution in [1.29, 1.82) is 0 Å². The van der Waals surface area contributed by atoms with Crippen molar-refractivity contribution in [1.82, 2.24) is 24.6 Å². The van der Waals surface area contributed by atoms with Gasteiger partial charge in [0.15, 0.2) is 5.65 Å². The SMILES string of the molecule is COc1ncc(-c2cc([C@H]3C[C@@H]3c3cccc(OC(F)(F)F)c3)c3nccn3n2)c(OC)n1. The van der Waals surface area contributed by atoms with Gasteiger partial charge in [0.1, 0.15) is 5.75 Å². The van der Waals surface area contributed by atoms with E-state index in [-0.39, 0.29) is 23.6 Å². The number of nitrogens with zero attached hydrogens (tertiary/aromatic N) is 5. The van der Waals surface area contributed by atoms with Crippen LogP contribution in [0.25, 0.3) is 16.9 Å². The summed E-state index contributed by atoms with van der Waals surface area (Å²) in [5, 5.41) is 4.60. The molecule has 8 nitrogen and oxygen atoms in total. The molecule has 1 aliphatic rings. The van der Waals surface area contributed by atoms with Crippen molar-refractivity contribution in [2.24, 2.45) is 0 Å². The van der Waals surface area contributed by atoms with Gasteiger partial charge in [-0.05, 0) is 42.0 Å². The van der Waals surface area contributed by atoms with E-state index in [0.29, 0.717) is 22.8 Å². The van der Waals surface area contributed by atoms with Gasteiger partial charge in [-0.15, -0.1) is 13.2 Å². The van der Waals surface area contributed by atoms with Crippen molar-refractivity contribution < 1.29 is 27.4 Å². The smallest absolute Gasteiger partial charge is 0.480 e. The number of fused-ring (bicyclic) bond motifs is 1. The van der Waals surface area contributed by atoms with Gasteiger partial charge in [0, 0.05) is 24.2 Å². The van der Waals surface area contributed by atoms with Gasteiger partial charge in [0.2, 0.25) is 5.88 Å². The third kappa shape index (κ3) is 4.13. The van der Waals surface area contributed by atoms with Crippen molar-refractivity contribution in [2.45, 2.75) is 24.6 Å². The molecule has 170 valence electrons. The molecule has 0 saturated heterocycles. The van der Waals surface area contributed by atoms with E-state index in [1.807, 2.05) is 6.07 Å². The first-order chi connectivity index (χ1) is 15.9. The van der Waals surface area contributed by atoms with Gasteiger partial charge < -0.3 is 14.2 Å². The molecule has 1 aliphatic carbocycles. The minimum atomic E-state index is -4.73. The van der Waals surface area contributed by atoms with Gasteiger partial charge in [-0.25, -0.2) is 14.5 Å². The van der Waals surface area contributed by atoms with E-state index in [1.54, 1.807) is 35.2 Å². The van der Waals surface area contributed by atoms with E-state index < -0.39 is 6.36 Å². The average Bonchev–Trinajstić information content (AvgIpc) is 3.45. The van der Waals surface area contributed by atoms with Gasteiger partial charge in [-0.3, -0.25) is 0 Å². The lowest BCUT2D eigenvalue weighted by Crippen LogP contribution is -2.17. The lowest BCUT2D eigenvalue weighted by Gasteiger charge is -2.11. The minimum absolute atomic E-state index is 0.0338. The lowest BCUT2D eigenvalue weighted by atomic mass is 10.0. The molecule has 0 amide bonds. The molecular formula is C22H18F3N5O3. The third-order valence-corrected chi connectivity index (χ3v) is 5.48. The van der Waals surface area contributed by atoms with Crippen LogP contribution in [0.5, 0.6) is 17.6 Å². The van der Waals surface area contributed by atoms with Crippen LogP contribution >= 0.6 is 0 Å². The fourth-order valence-electron chi connectivity index (χ4n) is 3.98. The number of benzene rings is 1. The van der Waals surface area contributed by atoms with Crippen molar-refractivity contribution in [3.63, 3.8) is 0 Å². The highest BCUT2D eigenvalue weighted by Gasteiger charge is 2.42. The van der Waals surface area contributed by atoms with Crippen LogP contribution < -0.4 is 14.2 Å². The molecule has 33 heavy (non-hydrogen) atoms. The number of imidazole rings is 1. The highest BCUT2D eigenvalue weighted by atomic mass is 19.4. The lowest BCUT2D eigenvalue weighted by molar-refractivity contribution is -0.274. The highest BCUT2D eigenvalue weighted by Crippen LogP contribution is 2.56. The summed E-state index contributed by atoms with van der Waals surface area (Å²) in [6, 6.07) is 8.16. The molecule has 1 saturated carbocycles. The maximum absolute atomic E-state index is 12.6. The predicted octanol–water partition coefficient (Wildman–Crippen LogP) is 4.37. The summed E-state index contributed by atoms with van der Waals surface area (Å²) >= 11 is 0. The van der Waals surface area contributed by atoms with Crippen LogP contribution in [0, 0.1) is 0 Å². The van der Waals surface area contributed by atoms with Gasteiger partial charge in [0.25, 0.3) is 0 Å². The Morgan fingerprint density at radius 3 is 2.67 bits per heavy atom. The highest BCUT2D eigenvalue weighted by molar-refractivity contribution is 5.68. The van der Waals surface area contributed by atoms with E-state index in [4.69, 9.17) is 9.47 Å². The number of ether oxygens (including phenoxy) is 3. The molecule has 1 fully saturated rings. The van der Waals surface area contributed by atoms with Gasteiger partial charge in [-0.2, -0.15) is 10.1 Å². The summed E-state index contributed by atoms with van der Waals surface area (Å²) in [7, 11) is 2.96. The number of aromatic nitrogens is 5. The Morgan fingerprint density at radius 2 is 1.91 bits per heavy atom. The van der Waals surface area contributed by atoms with Crippen molar-refractivity contribution >= 4 is 5.65 Å². The van der Waals surface area contributed by atoms with Gasteiger partial charge in [-0.1, -0.05) is 12.1 Å². The minimum Gasteiger partial charge on any atom is -0.480 e. The maximum atomic E-state index is 12.6. The summed E-state index contributed by atoms with van der Waals surface area (Å²) in [4.78, 5) is 12.8. The van der Waals surface area contributed by atoms with E-state index in [0.717, 1.165) is 17.5 Å². The molecule has 11 heteroatoms. The van der Waals surface area contributed by atoms with E-state index in [2.05, 4.69) is 24.8 Å². The second-order valence-corrected chi connectivity index (χ2v) is 7.53. The van der Waals surface area contributed by atoms with Crippen LogP contribution in [0.1, 0.15) is 29.4 Å². The molecule has 0 bridgehead atoms. The van der Waals surface area contributed by atoms with Crippen molar-refractivity contribution in [3.8, 4) is 28.9 Å². The summed E-state index contributed by atoms with van der Waals surface area (Å²) in [5.41, 5.74) is 3.54. The van der Waals surface area contributed by atoms with Crippen LogP contribution in [-0.2, 0) is 0 Å². The maximum Gasteiger partial charge on any atom is 0.573 e. The zero-order valence-corrected chi connectivity index (χ0v) is 17.6. The monoisotopic (exact) mass is 457 g/mol. The number of hydrogen-bond acceptors (Lipinski definition) is 7. The Labute approximate surface area is 186 Å². The molecular weight excluding hydrogens is 439 g/mol. The second-order valence-electron chi connectivity index (χ2n) is 7.53. The fourth-order valence-corrected chi connectivity index (χ4v) is 3.98. The molecule has 3 heterocycles. The Morgan fingerprint density at radius 1 is 1.06 bits per heavy atom. The Hall–Kier alpha value is -3.89. The number of methoxy groups -OCH3 is 2. The summed E-state index contributed by atoms with van der Waals surface area (Å²) in [5.74, 6) is 0.172. The average molecular weight is 457 g/mol. The van der Waals surface area contributed by atoms with E-state index in [9.17, 15) is 13.2 Å².